The molecule has 1 aromatic carbocycles. The zero-order chi connectivity index (χ0) is 12.7. The molecule has 0 saturated heterocycles. The second-order valence-corrected chi connectivity index (χ2v) is 3.44. The predicted octanol–water partition coefficient (Wildman–Crippen LogP) is 1.91. The Bertz CT molecular complexity index is 457. The minimum Gasteiger partial charge on any atom is -0.453 e. The molecule has 0 radical (unpaired) electrons. The van der Waals surface area contributed by atoms with Gasteiger partial charge in [0.2, 0.25) is 0 Å². The molecule has 0 unspecified atom stereocenters. The number of hydrogen-bond acceptors (Lipinski definition) is 3. The van der Waals surface area contributed by atoms with Crippen LogP contribution in [-0.2, 0) is 4.74 Å². The lowest BCUT2D eigenvalue weighted by molar-refractivity contribution is 0.187. The number of aliphatic hydroxyl groups excluding tert-OH is 1. The first kappa shape index (κ1) is 13.1. The normalized spacial score (nSPS) is 9.12. The van der Waals surface area contributed by atoms with Crippen LogP contribution in [0.4, 0.5) is 10.5 Å². The van der Waals surface area contributed by atoms with Crippen LogP contribution in [0, 0.1) is 18.8 Å². The van der Waals surface area contributed by atoms with Gasteiger partial charge in [0.05, 0.1) is 19.4 Å². The number of amides is 1. The van der Waals surface area contributed by atoms with Crippen molar-refractivity contribution in [2.24, 2.45) is 0 Å². The summed E-state index contributed by atoms with van der Waals surface area (Å²) in [6, 6.07) is 5.55. The van der Waals surface area contributed by atoms with E-state index >= 15 is 0 Å². The van der Waals surface area contributed by atoms with Gasteiger partial charge >= 0.3 is 6.09 Å². The standard InChI is InChI=1S/C13H15NO3/c1-10-6-7-11(5-3-4-8-15)12(9-10)14-13(16)17-2/h6-7,9,15H,4,8H2,1-2H3,(H,14,16). The van der Waals surface area contributed by atoms with Crippen molar-refractivity contribution in [2.45, 2.75) is 13.3 Å². The van der Waals surface area contributed by atoms with E-state index in [9.17, 15) is 4.79 Å². The smallest absolute Gasteiger partial charge is 0.411 e. The van der Waals surface area contributed by atoms with Gasteiger partial charge in [-0.1, -0.05) is 17.9 Å². The van der Waals surface area contributed by atoms with Crippen LogP contribution in [0.1, 0.15) is 17.5 Å². The summed E-state index contributed by atoms with van der Waals surface area (Å²) >= 11 is 0. The summed E-state index contributed by atoms with van der Waals surface area (Å²) in [6.07, 6.45) is -0.119. The van der Waals surface area contributed by atoms with Crippen molar-refractivity contribution < 1.29 is 14.6 Å². The highest BCUT2D eigenvalue weighted by Gasteiger charge is 2.05. The third-order valence-corrected chi connectivity index (χ3v) is 2.06. The highest BCUT2D eigenvalue weighted by molar-refractivity contribution is 5.86. The summed E-state index contributed by atoms with van der Waals surface area (Å²) in [4.78, 5) is 11.2. The molecular formula is C13H15NO3. The van der Waals surface area contributed by atoms with Gasteiger partial charge < -0.3 is 9.84 Å². The van der Waals surface area contributed by atoms with Crippen molar-refractivity contribution in [2.75, 3.05) is 19.0 Å². The summed E-state index contributed by atoms with van der Waals surface area (Å²) in [5.41, 5.74) is 2.33. The lowest BCUT2D eigenvalue weighted by atomic mass is 10.1. The fourth-order valence-electron chi connectivity index (χ4n) is 1.25. The molecule has 0 aliphatic carbocycles. The Balaban J connectivity index is 2.96. The first-order valence-electron chi connectivity index (χ1n) is 5.22. The number of nitrogens with one attached hydrogen (secondary N) is 1. The predicted molar refractivity (Wildman–Crippen MR) is 65.8 cm³/mol. The lowest BCUT2D eigenvalue weighted by Gasteiger charge is -2.07. The Morgan fingerprint density at radius 2 is 2.29 bits per heavy atom. The third-order valence-electron chi connectivity index (χ3n) is 2.06. The monoisotopic (exact) mass is 233 g/mol. The van der Waals surface area contributed by atoms with Crippen LogP contribution < -0.4 is 5.32 Å². The van der Waals surface area contributed by atoms with E-state index in [0.717, 1.165) is 5.56 Å². The van der Waals surface area contributed by atoms with Crippen LogP contribution in [0.15, 0.2) is 18.2 Å². The largest absolute Gasteiger partial charge is 0.453 e. The lowest BCUT2D eigenvalue weighted by Crippen LogP contribution is -2.12. The zero-order valence-electron chi connectivity index (χ0n) is 9.91. The third kappa shape index (κ3) is 4.17. The molecule has 2 N–H and O–H groups in total. The van der Waals surface area contributed by atoms with Gasteiger partial charge in [0, 0.05) is 12.0 Å². The zero-order valence-corrected chi connectivity index (χ0v) is 9.91. The molecule has 4 heteroatoms. The molecule has 1 aromatic rings. The number of carbonyl (C=O) groups is 1. The van der Waals surface area contributed by atoms with Crippen LogP contribution in [0.3, 0.4) is 0 Å². The van der Waals surface area contributed by atoms with Crippen molar-refractivity contribution in [3.63, 3.8) is 0 Å². The maximum absolute atomic E-state index is 11.2. The van der Waals surface area contributed by atoms with Gasteiger partial charge in [0.15, 0.2) is 0 Å². The number of methoxy groups -OCH3 is 1. The topological polar surface area (TPSA) is 58.6 Å². The molecule has 0 aromatic heterocycles. The van der Waals surface area contributed by atoms with Crippen molar-refractivity contribution in [3.05, 3.63) is 29.3 Å². The van der Waals surface area contributed by atoms with E-state index in [1.165, 1.54) is 7.11 Å². The summed E-state index contributed by atoms with van der Waals surface area (Å²) in [7, 11) is 1.31. The molecule has 0 bridgehead atoms. The van der Waals surface area contributed by atoms with E-state index in [0.29, 0.717) is 17.7 Å². The highest BCUT2D eigenvalue weighted by atomic mass is 16.5. The molecule has 17 heavy (non-hydrogen) atoms. The quantitative estimate of drug-likeness (QED) is 0.767. The maximum atomic E-state index is 11.2. The van der Waals surface area contributed by atoms with E-state index in [1.54, 1.807) is 0 Å². The maximum Gasteiger partial charge on any atom is 0.411 e. The molecule has 0 saturated carbocycles. The minimum atomic E-state index is -0.527. The summed E-state index contributed by atoms with van der Waals surface area (Å²) < 4.78 is 4.54. The van der Waals surface area contributed by atoms with Crippen molar-refractivity contribution in [3.8, 4) is 11.8 Å². The molecule has 1 amide bonds. The second kappa shape index (κ2) is 6.56. The SMILES string of the molecule is COC(=O)Nc1cc(C)ccc1C#CCCO. The summed E-state index contributed by atoms with van der Waals surface area (Å²) in [5, 5.41) is 11.3. The molecule has 4 nitrogen and oxygen atoms in total. The number of carbonyl (C=O) groups excluding carboxylic acids is 1. The van der Waals surface area contributed by atoms with Gasteiger partial charge in [-0.05, 0) is 24.6 Å². The molecule has 0 aliphatic rings. The molecular weight excluding hydrogens is 218 g/mol. The van der Waals surface area contributed by atoms with Gasteiger partial charge in [-0.2, -0.15) is 0 Å². The number of anilines is 1. The number of hydrogen-bond donors (Lipinski definition) is 2. The van der Waals surface area contributed by atoms with Gasteiger partial charge in [0.25, 0.3) is 0 Å². The average Bonchev–Trinajstić information content (AvgIpc) is 2.32. The molecule has 0 spiro atoms. The van der Waals surface area contributed by atoms with Crippen LogP contribution in [0.2, 0.25) is 0 Å². The first-order valence-corrected chi connectivity index (χ1v) is 5.22. The van der Waals surface area contributed by atoms with Crippen molar-refractivity contribution in [1.82, 2.24) is 0 Å². The Kier molecular flexibility index (Phi) is 5.05. The first-order chi connectivity index (χ1) is 8.17. The molecule has 90 valence electrons. The number of aryl methyl sites for hydroxylation is 1. The van der Waals surface area contributed by atoms with E-state index < -0.39 is 6.09 Å². The minimum absolute atomic E-state index is 0.0264. The molecule has 0 atom stereocenters. The van der Waals surface area contributed by atoms with Crippen LogP contribution in [0.5, 0.6) is 0 Å². The van der Waals surface area contributed by atoms with Gasteiger partial charge in [0.1, 0.15) is 0 Å². The molecule has 0 fully saturated rings. The molecule has 0 aliphatic heterocycles. The van der Waals surface area contributed by atoms with Crippen LogP contribution in [0.25, 0.3) is 0 Å². The number of aliphatic hydroxyl groups is 1. The molecule has 1 rings (SSSR count). The van der Waals surface area contributed by atoms with E-state index in [-0.39, 0.29) is 6.61 Å². The van der Waals surface area contributed by atoms with Crippen molar-refractivity contribution >= 4 is 11.8 Å². The van der Waals surface area contributed by atoms with E-state index in [1.807, 2.05) is 25.1 Å². The van der Waals surface area contributed by atoms with Crippen molar-refractivity contribution in [1.29, 1.82) is 0 Å². The number of benzene rings is 1. The summed E-state index contributed by atoms with van der Waals surface area (Å²) in [6.45, 7) is 1.95. The number of ether oxygens (including phenoxy) is 1. The van der Waals surface area contributed by atoms with Crippen LogP contribution >= 0.6 is 0 Å². The summed E-state index contributed by atoms with van der Waals surface area (Å²) in [5.74, 6) is 5.70. The van der Waals surface area contributed by atoms with Gasteiger partial charge in [-0.15, -0.1) is 0 Å². The second-order valence-electron chi connectivity index (χ2n) is 3.44. The average molecular weight is 233 g/mol. The Hall–Kier alpha value is -1.99. The Morgan fingerprint density at radius 3 is 2.94 bits per heavy atom. The molecule has 0 heterocycles. The van der Waals surface area contributed by atoms with E-state index in [4.69, 9.17) is 5.11 Å². The fraction of sp³-hybridized carbons (Fsp3) is 0.308. The fourth-order valence-corrected chi connectivity index (χ4v) is 1.25. The van der Waals surface area contributed by atoms with E-state index in [2.05, 4.69) is 21.9 Å². The Morgan fingerprint density at radius 1 is 1.53 bits per heavy atom. The Labute approximate surface area is 101 Å². The van der Waals surface area contributed by atoms with Gasteiger partial charge in [-0.25, -0.2) is 4.79 Å². The van der Waals surface area contributed by atoms with Gasteiger partial charge in [-0.3, -0.25) is 5.32 Å². The van der Waals surface area contributed by atoms with Crippen LogP contribution in [-0.4, -0.2) is 24.9 Å². The number of rotatable bonds is 2. The highest BCUT2D eigenvalue weighted by Crippen LogP contribution is 2.16.